The summed E-state index contributed by atoms with van der Waals surface area (Å²) < 4.78 is 16.3. The Bertz CT molecular complexity index is 1230. The minimum Gasteiger partial charge on any atom is -0.494 e. The van der Waals surface area contributed by atoms with Gasteiger partial charge in [-0.2, -0.15) is 5.10 Å². The number of nitrogens with one attached hydrogen (secondary N) is 2. The van der Waals surface area contributed by atoms with Gasteiger partial charge in [0.1, 0.15) is 5.75 Å². The maximum Gasteiger partial charge on any atom is 0.343 e. The second kappa shape index (κ2) is 14.0. The first kappa shape index (κ1) is 26.9. The highest BCUT2D eigenvalue weighted by molar-refractivity contribution is 5.96. The number of unbranched alkanes of at least 4 members (excludes halogenated alkanes) is 1. The van der Waals surface area contributed by atoms with Crippen molar-refractivity contribution >= 4 is 24.0 Å². The van der Waals surface area contributed by atoms with Crippen molar-refractivity contribution in [2.75, 3.05) is 20.3 Å². The average molecular weight is 504 g/mol. The number of hydrogen-bond acceptors (Lipinski definition) is 7. The maximum absolute atomic E-state index is 12.3. The average Bonchev–Trinajstić information content (AvgIpc) is 2.93. The van der Waals surface area contributed by atoms with E-state index in [-0.39, 0.29) is 18.2 Å². The van der Waals surface area contributed by atoms with E-state index < -0.39 is 11.9 Å². The Hall–Kier alpha value is -4.66. The summed E-state index contributed by atoms with van der Waals surface area (Å²) in [7, 11) is 1.45. The van der Waals surface area contributed by atoms with Crippen molar-refractivity contribution in [2.45, 2.75) is 19.8 Å². The molecule has 3 aromatic carbocycles. The molecule has 0 atom stereocenters. The molecule has 0 unspecified atom stereocenters. The van der Waals surface area contributed by atoms with Gasteiger partial charge in [0.05, 0.1) is 32.0 Å². The summed E-state index contributed by atoms with van der Waals surface area (Å²) in [4.78, 5) is 36.6. The Kier molecular flexibility index (Phi) is 10.2. The molecule has 0 radical (unpaired) electrons. The molecule has 0 aromatic heterocycles. The molecule has 37 heavy (non-hydrogen) atoms. The molecule has 2 N–H and O–H groups in total. The van der Waals surface area contributed by atoms with Crippen LogP contribution in [0.2, 0.25) is 0 Å². The van der Waals surface area contributed by atoms with Crippen LogP contribution >= 0.6 is 0 Å². The van der Waals surface area contributed by atoms with Crippen molar-refractivity contribution in [1.29, 1.82) is 0 Å². The number of benzene rings is 3. The van der Waals surface area contributed by atoms with Crippen LogP contribution in [-0.2, 0) is 4.79 Å². The van der Waals surface area contributed by atoms with Crippen molar-refractivity contribution < 1.29 is 28.6 Å². The van der Waals surface area contributed by atoms with E-state index in [9.17, 15) is 14.4 Å². The summed E-state index contributed by atoms with van der Waals surface area (Å²) in [6.45, 7) is 2.46. The third-order valence-electron chi connectivity index (χ3n) is 5.10. The van der Waals surface area contributed by atoms with Gasteiger partial charge in [-0.15, -0.1) is 0 Å². The zero-order chi connectivity index (χ0) is 26.5. The van der Waals surface area contributed by atoms with Gasteiger partial charge in [-0.1, -0.05) is 31.5 Å². The lowest BCUT2D eigenvalue weighted by atomic mass is 10.2. The van der Waals surface area contributed by atoms with Crippen LogP contribution in [0, 0.1) is 0 Å². The molecular weight excluding hydrogens is 474 g/mol. The van der Waals surface area contributed by atoms with E-state index in [0.29, 0.717) is 34.8 Å². The van der Waals surface area contributed by atoms with Gasteiger partial charge in [0.25, 0.3) is 11.8 Å². The molecule has 0 spiro atoms. The van der Waals surface area contributed by atoms with Crippen LogP contribution in [0.15, 0.2) is 77.9 Å². The van der Waals surface area contributed by atoms with Crippen molar-refractivity contribution in [3.05, 3.63) is 89.5 Å². The normalized spacial score (nSPS) is 10.5. The molecule has 9 nitrogen and oxygen atoms in total. The van der Waals surface area contributed by atoms with Crippen LogP contribution < -0.4 is 25.0 Å². The number of hydrazone groups is 1. The molecule has 0 bridgehead atoms. The van der Waals surface area contributed by atoms with Gasteiger partial charge < -0.3 is 19.5 Å². The molecule has 0 aliphatic heterocycles. The zero-order valence-electron chi connectivity index (χ0n) is 20.7. The van der Waals surface area contributed by atoms with Crippen LogP contribution in [0.1, 0.15) is 46.0 Å². The van der Waals surface area contributed by atoms with E-state index in [1.54, 1.807) is 66.7 Å². The van der Waals surface area contributed by atoms with Crippen molar-refractivity contribution in [1.82, 2.24) is 10.7 Å². The number of rotatable bonds is 12. The van der Waals surface area contributed by atoms with Crippen LogP contribution in [0.25, 0.3) is 0 Å². The molecule has 3 aromatic rings. The lowest BCUT2D eigenvalue weighted by molar-refractivity contribution is -0.120. The number of esters is 1. The fourth-order valence-corrected chi connectivity index (χ4v) is 3.10. The number of hydrogen-bond donors (Lipinski definition) is 2. The quantitative estimate of drug-likeness (QED) is 0.127. The fraction of sp³-hybridized carbons (Fsp3) is 0.214. The monoisotopic (exact) mass is 503 g/mol. The summed E-state index contributed by atoms with van der Waals surface area (Å²) in [5.74, 6) is -0.120. The molecule has 0 aliphatic carbocycles. The molecular formula is C28H29N3O6. The topological polar surface area (TPSA) is 115 Å². The first-order valence-corrected chi connectivity index (χ1v) is 11.8. The zero-order valence-corrected chi connectivity index (χ0v) is 20.7. The van der Waals surface area contributed by atoms with E-state index in [1.165, 1.54) is 13.3 Å². The van der Waals surface area contributed by atoms with Gasteiger partial charge in [-0.05, 0) is 66.6 Å². The third-order valence-corrected chi connectivity index (χ3v) is 5.10. The minimum atomic E-state index is -0.508. The summed E-state index contributed by atoms with van der Waals surface area (Å²) >= 11 is 0. The standard InChI is InChI=1S/C28H29N3O6/c1-3-4-16-36-23-13-11-21(12-14-23)27(33)29-19-26(32)31-30-18-20-10-15-24(25(17-20)35-2)37-28(34)22-8-6-5-7-9-22/h5-15,17-18H,3-4,16,19H2,1-2H3,(H,29,33)(H,31,32)/b30-18+. The molecule has 2 amide bonds. The van der Waals surface area contributed by atoms with Gasteiger partial charge >= 0.3 is 5.97 Å². The fourth-order valence-electron chi connectivity index (χ4n) is 3.10. The largest absolute Gasteiger partial charge is 0.494 e. The molecule has 9 heteroatoms. The molecule has 0 heterocycles. The van der Waals surface area contributed by atoms with Gasteiger partial charge in [0.2, 0.25) is 0 Å². The van der Waals surface area contributed by atoms with E-state index in [2.05, 4.69) is 22.8 Å². The van der Waals surface area contributed by atoms with Crippen molar-refractivity contribution in [2.24, 2.45) is 5.10 Å². The predicted molar refractivity (Wildman–Crippen MR) is 139 cm³/mol. The SMILES string of the molecule is CCCCOc1ccc(C(=O)NCC(=O)N/N=C/c2ccc(OC(=O)c3ccccc3)c(OC)c2)cc1. The lowest BCUT2D eigenvalue weighted by Crippen LogP contribution is -2.34. The van der Waals surface area contributed by atoms with Crippen LogP contribution in [0.5, 0.6) is 17.2 Å². The smallest absolute Gasteiger partial charge is 0.343 e. The van der Waals surface area contributed by atoms with Gasteiger partial charge in [0, 0.05) is 5.56 Å². The second-order valence-electron chi connectivity index (χ2n) is 7.87. The van der Waals surface area contributed by atoms with E-state index in [0.717, 1.165) is 12.8 Å². The van der Waals surface area contributed by atoms with E-state index >= 15 is 0 Å². The van der Waals surface area contributed by atoms with Crippen molar-refractivity contribution in [3.63, 3.8) is 0 Å². The highest BCUT2D eigenvalue weighted by Gasteiger charge is 2.13. The summed E-state index contributed by atoms with van der Waals surface area (Å²) in [6, 6.07) is 20.2. The third kappa shape index (κ3) is 8.50. The van der Waals surface area contributed by atoms with E-state index in [4.69, 9.17) is 14.2 Å². The maximum atomic E-state index is 12.3. The molecule has 0 fully saturated rings. The molecule has 192 valence electrons. The van der Waals surface area contributed by atoms with Gasteiger partial charge in [-0.25, -0.2) is 10.2 Å². The Morgan fingerprint density at radius 1 is 0.919 bits per heavy atom. The Labute approximate surface area is 215 Å². The molecule has 3 rings (SSSR count). The molecule has 0 aliphatic rings. The number of carbonyl (C=O) groups excluding carboxylic acids is 3. The Balaban J connectivity index is 1.47. The van der Waals surface area contributed by atoms with E-state index in [1.807, 2.05) is 6.07 Å². The highest BCUT2D eigenvalue weighted by atomic mass is 16.6. The Morgan fingerprint density at radius 3 is 2.38 bits per heavy atom. The number of nitrogens with zero attached hydrogens (tertiary/aromatic N) is 1. The number of carbonyl (C=O) groups is 3. The highest BCUT2D eigenvalue weighted by Crippen LogP contribution is 2.28. The molecule has 0 saturated heterocycles. The lowest BCUT2D eigenvalue weighted by Gasteiger charge is -2.10. The van der Waals surface area contributed by atoms with Crippen molar-refractivity contribution in [3.8, 4) is 17.2 Å². The number of methoxy groups -OCH3 is 1. The van der Waals surface area contributed by atoms with Crippen LogP contribution in [0.3, 0.4) is 0 Å². The second-order valence-corrected chi connectivity index (χ2v) is 7.87. The number of ether oxygens (including phenoxy) is 3. The summed E-state index contributed by atoms with van der Waals surface area (Å²) in [5.41, 5.74) is 3.78. The van der Waals surface area contributed by atoms with Gasteiger partial charge in [0.15, 0.2) is 11.5 Å². The summed E-state index contributed by atoms with van der Waals surface area (Å²) in [6.07, 6.45) is 3.41. The Morgan fingerprint density at radius 2 is 1.68 bits per heavy atom. The van der Waals surface area contributed by atoms with Gasteiger partial charge in [-0.3, -0.25) is 9.59 Å². The predicted octanol–water partition coefficient (Wildman–Crippen LogP) is 3.97. The molecule has 0 saturated carbocycles. The number of amides is 2. The first-order chi connectivity index (χ1) is 18.0. The minimum absolute atomic E-state index is 0.247. The van der Waals surface area contributed by atoms with Crippen LogP contribution in [0.4, 0.5) is 0 Å². The first-order valence-electron chi connectivity index (χ1n) is 11.8. The van der Waals surface area contributed by atoms with Crippen LogP contribution in [-0.4, -0.2) is 44.3 Å². The summed E-state index contributed by atoms with van der Waals surface area (Å²) in [5, 5.41) is 6.44.